The maximum Gasteiger partial charge on any atom is 0.333 e. The van der Waals surface area contributed by atoms with Gasteiger partial charge >= 0.3 is 10.3 Å². The monoisotopic (exact) mass is 424 g/mol. The van der Waals surface area contributed by atoms with Crippen LogP contribution < -0.4 is 10.0 Å². The standard InChI is InChI=1S/C17H20N4O7S/c1-9(22)11-3-15(28-7-11)16(24)13-6-18-8-19-17(13)21-12-2-10(14(23)4-12)5-20-29(25,26)27/h3,6-8,10,12,14,20,23H,2,4-5H2,1H3,(H,18,19,21)(H,25,26,27)/t10-,12-,14+/m1/s1. The summed E-state index contributed by atoms with van der Waals surface area (Å²) >= 11 is 0. The van der Waals surface area contributed by atoms with Gasteiger partial charge in [0.2, 0.25) is 5.78 Å². The second kappa shape index (κ2) is 8.37. The van der Waals surface area contributed by atoms with Crippen LogP contribution >= 0.6 is 0 Å². The predicted octanol–water partition coefficient (Wildman–Crippen LogP) is 0.447. The van der Waals surface area contributed by atoms with E-state index in [2.05, 4.69) is 15.3 Å². The Morgan fingerprint density at radius 2 is 2.10 bits per heavy atom. The first-order valence-electron chi connectivity index (χ1n) is 8.75. The lowest BCUT2D eigenvalue weighted by molar-refractivity contribution is 0.100. The second-order valence-corrected chi connectivity index (χ2v) is 8.07. The van der Waals surface area contributed by atoms with Crippen LogP contribution in [0.15, 0.2) is 29.3 Å². The number of carbonyl (C=O) groups is 2. The predicted molar refractivity (Wildman–Crippen MR) is 99.9 cm³/mol. The van der Waals surface area contributed by atoms with E-state index in [-0.39, 0.29) is 41.1 Å². The third kappa shape index (κ3) is 5.23. The second-order valence-electron chi connectivity index (χ2n) is 6.83. The number of anilines is 1. The lowest BCUT2D eigenvalue weighted by atomic mass is 10.1. The van der Waals surface area contributed by atoms with Crippen LogP contribution in [0.4, 0.5) is 5.82 Å². The molecule has 3 rings (SSSR count). The Labute approximate surface area is 166 Å². The van der Waals surface area contributed by atoms with Gasteiger partial charge in [0.1, 0.15) is 18.4 Å². The Balaban J connectivity index is 1.72. The highest BCUT2D eigenvalue weighted by Crippen LogP contribution is 2.29. The zero-order valence-corrected chi connectivity index (χ0v) is 16.2. The van der Waals surface area contributed by atoms with Crippen molar-refractivity contribution in [3.8, 4) is 0 Å². The molecule has 2 heterocycles. The van der Waals surface area contributed by atoms with Crippen LogP contribution in [0, 0.1) is 5.92 Å². The number of Topliss-reactive ketones (excluding diaryl/α,β-unsaturated/α-hetero) is 1. The number of hydrogen-bond acceptors (Lipinski definition) is 9. The summed E-state index contributed by atoms with van der Waals surface area (Å²) in [5.41, 5.74) is 0.402. The van der Waals surface area contributed by atoms with Crippen LogP contribution in [0.1, 0.15) is 46.2 Å². The van der Waals surface area contributed by atoms with Crippen LogP contribution in [0.2, 0.25) is 0 Å². The Bertz CT molecular complexity index is 1020. The van der Waals surface area contributed by atoms with Crippen molar-refractivity contribution in [3.05, 3.63) is 41.7 Å². The lowest BCUT2D eigenvalue weighted by Gasteiger charge is -2.15. The van der Waals surface area contributed by atoms with Crippen molar-refractivity contribution >= 4 is 27.7 Å². The molecule has 156 valence electrons. The van der Waals surface area contributed by atoms with Gasteiger partial charge in [0.15, 0.2) is 11.5 Å². The molecule has 0 aromatic carbocycles. The minimum atomic E-state index is -4.35. The van der Waals surface area contributed by atoms with Crippen molar-refractivity contribution in [2.45, 2.75) is 31.9 Å². The van der Waals surface area contributed by atoms with Crippen LogP contribution in [0.5, 0.6) is 0 Å². The molecular formula is C17H20N4O7S. The number of nitrogens with zero attached hydrogens (tertiary/aromatic N) is 2. The van der Waals surface area contributed by atoms with Crippen molar-refractivity contribution in [1.29, 1.82) is 0 Å². The summed E-state index contributed by atoms with van der Waals surface area (Å²) in [7, 11) is -4.35. The topological polar surface area (TPSA) is 172 Å². The maximum atomic E-state index is 12.7. The molecule has 0 radical (unpaired) electrons. The van der Waals surface area contributed by atoms with E-state index in [1.165, 1.54) is 31.8 Å². The normalized spacial score (nSPS) is 21.8. The fourth-order valence-corrected chi connectivity index (χ4v) is 3.65. The molecule has 12 heteroatoms. The number of ketones is 2. The SMILES string of the molecule is CC(=O)c1coc(C(=O)c2cncnc2N[C@@H]2C[C@H](CNS(=O)(=O)O)[C@@H](O)C2)c1. The summed E-state index contributed by atoms with van der Waals surface area (Å²) in [6.07, 6.45) is 3.65. The Morgan fingerprint density at radius 3 is 2.76 bits per heavy atom. The Hall–Kier alpha value is -2.67. The van der Waals surface area contributed by atoms with Crippen molar-refractivity contribution in [3.63, 3.8) is 0 Å². The van der Waals surface area contributed by atoms with E-state index in [9.17, 15) is 23.1 Å². The summed E-state index contributed by atoms with van der Waals surface area (Å²) in [4.78, 5) is 32.1. The van der Waals surface area contributed by atoms with Crippen LogP contribution in [0.25, 0.3) is 0 Å². The zero-order valence-electron chi connectivity index (χ0n) is 15.4. The number of furan rings is 1. The largest absolute Gasteiger partial charge is 0.460 e. The van der Waals surface area contributed by atoms with Gasteiger partial charge in [-0.1, -0.05) is 0 Å². The van der Waals surface area contributed by atoms with E-state index in [4.69, 9.17) is 8.97 Å². The first-order valence-corrected chi connectivity index (χ1v) is 10.2. The van der Waals surface area contributed by atoms with Gasteiger partial charge in [-0.2, -0.15) is 13.1 Å². The molecule has 0 amide bonds. The first kappa shape index (κ1) is 21.0. The third-order valence-corrected chi connectivity index (χ3v) is 5.24. The van der Waals surface area contributed by atoms with Crippen LogP contribution in [-0.2, 0) is 10.3 Å². The number of hydrogen-bond donors (Lipinski definition) is 4. The fourth-order valence-electron chi connectivity index (χ4n) is 3.23. The molecule has 2 aromatic heterocycles. The van der Waals surface area contributed by atoms with Crippen LogP contribution in [0.3, 0.4) is 0 Å². The molecule has 0 bridgehead atoms. The van der Waals surface area contributed by atoms with Crippen molar-refractivity contribution in [1.82, 2.24) is 14.7 Å². The molecule has 0 saturated heterocycles. The molecule has 4 N–H and O–H groups in total. The van der Waals surface area contributed by atoms with Gasteiger partial charge in [0.25, 0.3) is 0 Å². The van der Waals surface area contributed by atoms with E-state index in [0.29, 0.717) is 12.8 Å². The van der Waals surface area contributed by atoms with Gasteiger partial charge in [-0.15, -0.1) is 0 Å². The molecule has 0 unspecified atom stereocenters. The summed E-state index contributed by atoms with van der Waals surface area (Å²) in [6.45, 7) is 1.24. The fraction of sp³-hybridized carbons (Fsp3) is 0.412. The number of aliphatic hydroxyl groups excluding tert-OH is 1. The first-order chi connectivity index (χ1) is 13.6. The van der Waals surface area contributed by atoms with Crippen molar-refractivity contribution in [2.75, 3.05) is 11.9 Å². The maximum absolute atomic E-state index is 12.7. The van der Waals surface area contributed by atoms with E-state index in [0.717, 1.165) is 0 Å². The van der Waals surface area contributed by atoms with Gasteiger partial charge in [-0.25, -0.2) is 9.97 Å². The minimum Gasteiger partial charge on any atom is -0.460 e. The third-order valence-electron chi connectivity index (χ3n) is 4.71. The molecule has 29 heavy (non-hydrogen) atoms. The number of rotatable bonds is 8. The van der Waals surface area contributed by atoms with Crippen molar-refractivity contribution < 1.29 is 32.1 Å². The Kier molecular flexibility index (Phi) is 6.07. The highest BCUT2D eigenvalue weighted by atomic mass is 32.2. The molecule has 1 aliphatic rings. The number of nitrogens with one attached hydrogen (secondary N) is 2. The summed E-state index contributed by atoms with van der Waals surface area (Å²) in [5.74, 6) is -0.969. The number of aromatic nitrogens is 2. The molecule has 0 spiro atoms. The average molecular weight is 424 g/mol. The Morgan fingerprint density at radius 1 is 1.34 bits per heavy atom. The van der Waals surface area contributed by atoms with Gasteiger partial charge in [-0.3, -0.25) is 14.1 Å². The lowest BCUT2D eigenvalue weighted by Crippen LogP contribution is -2.32. The zero-order chi connectivity index (χ0) is 21.2. The summed E-state index contributed by atoms with van der Waals surface area (Å²) in [5, 5.41) is 13.2. The molecule has 0 aliphatic heterocycles. The smallest absolute Gasteiger partial charge is 0.333 e. The minimum absolute atomic E-state index is 0.0327. The quantitative estimate of drug-likeness (QED) is 0.344. The van der Waals surface area contributed by atoms with Gasteiger partial charge < -0.3 is 14.8 Å². The van der Waals surface area contributed by atoms with E-state index in [1.807, 2.05) is 4.72 Å². The molecule has 1 aliphatic carbocycles. The van der Waals surface area contributed by atoms with Crippen LogP contribution in [-0.4, -0.2) is 58.3 Å². The average Bonchev–Trinajstić information content (AvgIpc) is 3.26. The van der Waals surface area contributed by atoms with Crippen molar-refractivity contribution in [2.24, 2.45) is 5.92 Å². The highest BCUT2D eigenvalue weighted by molar-refractivity contribution is 7.83. The highest BCUT2D eigenvalue weighted by Gasteiger charge is 2.34. The summed E-state index contributed by atoms with van der Waals surface area (Å²) < 4.78 is 37.6. The van der Waals surface area contributed by atoms with Gasteiger partial charge in [0.05, 0.1) is 17.2 Å². The molecule has 2 aromatic rings. The molecular weight excluding hydrogens is 404 g/mol. The molecule has 1 fully saturated rings. The van der Waals surface area contributed by atoms with Gasteiger partial charge in [0, 0.05) is 24.7 Å². The number of carbonyl (C=O) groups excluding carboxylic acids is 2. The molecule has 3 atom stereocenters. The van der Waals surface area contributed by atoms with E-state index in [1.54, 1.807) is 0 Å². The van der Waals surface area contributed by atoms with Gasteiger partial charge in [-0.05, 0) is 25.8 Å². The molecule has 11 nitrogen and oxygen atoms in total. The van der Waals surface area contributed by atoms with E-state index < -0.39 is 28.1 Å². The number of aliphatic hydroxyl groups is 1. The summed E-state index contributed by atoms with van der Waals surface area (Å²) in [6, 6.07) is 1.06. The molecule has 1 saturated carbocycles. The van der Waals surface area contributed by atoms with E-state index >= 15 is 0 Å².